The molecule has 0 spiro atoms. The minimum absolute atomic E-state index is 0.0194. The number of likely N-dealkylation sites (N-methyl/N-ethyl adjacent to an activating group) is 1. The third kappa shape index (κ3) is 2.56. The summed E-state index contributed by atoms with van der Waals surface area (Å²) in [7, 11) is 1.87. The van der Waals surface area contributed by atoms with Crippen molar-refractivity contribution in [3.05, 3.63) is 35.4 Å². The van der Waals surface area contributed by atoms with Gasteiger partial charge in [-0.1, -0.05) is 31.2 Å². The number of rotatable bonds is 2. The molecule has 1 saturated heterocycles. The predicted octanol–water partition coefficient (Wildman–Crippen LogP) is 2.26. The molecule has 1 heterocycles. The Labute approximate surface area is 109 Å². The molecule has 1 fully saturated rings. The molecule has 0 saturated carbocycles. The number of nitrogens with two attached hydrogens (primary N) is 1. The molecule has 0 aromatic heterocycles. The van der Waals surface area contributed by atoms with Gasteiger partial charge in [0.25, 0.3) is 0 Å². The van der Waals surface area contributed by atoms with Crippen molar-refractivity contribution in [3.8, 4) is 0 Å². The highest BCUT2D eigenvalue weighted by Crippen LogP contribution is 2.28. The summed E-state index contributed by atoms with van der Waals surface area (Å²) < 4.78 is 0. The normalized spacial score (nSPS) is 25.1. The molecule has 18 heavy (non-hydrogen) atoms. The van der Waals surface area contributed by atoms with Gasteiger partial charge >= 0.3 is 0 Å². The largest absolute Gasteiger partial charge is 0.337 e. The summed E-state index contributed by atoms with van der Waals surface area (Å²) in [5, 5.41) is 0. The second-order valence-corrected chi connectivity index (χ2v) is 5.10. The Morgan fingerprint density at radius 2 is 2.00 bits per heavy atom. The lowest BCUT2D eigenvalue weighted by molar-refractivity contribution is -0.131. The summed E-state index contributed by atoms with van der Waals surface area (Å²) >= 11 is 0. The lowest BCUT2D eigenvalue weighted by atomic mass is 9.95. The van der Waals surface area contributed by atoms with Crippen LogP contribution in [0.15, 0.2) is 24.3 Å². The monoisotopic (exact) mass is 246 g/mol. The third-order valence-corrected chi connectivity index (χ3v) is 3.87. The van der Waals surface area contributed by atoms with Gasteiger partial charge in [0.15, 0.2) is 0 Å². The van der Waals surface area contributed by atoms with Crippen LogP contribution in [0.5, 0.6) is 0 Å². The minimum Gasteiger partial charge on any atom is -0.337 e. The van der Waals surface area contributed by atoms with Gasteiger partial charge in [0.05, 0.1) is 6.04 Å². The van der Waals surface area contributed by atoms with Crippen LogP contribution in [0.4, 0.5) is 0 Å². The number of hydrogen-bond donors (Lipinski definition) is 1. The van der Waals surface area contributed by atoms with E-state index in [1.165, 1.54) is 5.56 Å². The number of amides is 1. The lowest BCUT2D eigenvalue weighted by Crippen LogP contribution is -2.39. The fourth-order valence-corrected chi connectivity index (χ4v) is 2.69. The van der Waals surface area contributed by atoms with Crippen molar-refractivity contribution in [1.82, 2.24) is 4.90 Å². The zero-order valence-corrected chi connectivity index (χ0v) is 11.2. The summed E-state index contributed by atoms with van der Waals surface area (Å²) in [4.78, 5) is 13.8. The van der Waals surface area contributed by atoms with Crippen LogP contribution in [0, 0.1) is 0 Å². The van der Waals surface area contributed by atoms with E-state index in [2.05, 4.69) is 31.2 Å². The molecule has 2 unspecified atom stereocenters. The Bertz CT molecular complexity index is 413. The summed E-state index contributed by atoms with van der Waals surface area (Å²) in [6, 6.07) is 8.54. The lowest BCUT2D eigenvalue weighted by Gasteiger charge is -2.30. The first-order valence-corrected chi connectivity index (χ1v) is 6.73. The first kappa shape index (κ1) is 13.1. The van der Waals surface area contributed by atoms with Crippen molar-refractivity contribution in [2.75, 3.05) is 7.05 Å². The topological polar surface area (TPSA) is 46.3 Å². The second kappa shape index (κ2) is 5.53. The van der Waals surface area contributed by atoms with Gasteiger partial charge in [-0.15, -0.1) is 0 Å². The van der Waals surface area contributed by atoms with Gasteiger partial charge < -0.3 is 10.6 Å². The van der Waals surface area contributed by atoms with Crippen LogP contribution in [-0.4, -0.2) is 23.9 Å². The van der Waals surface area contributed by atoms with E-state index in [1.54, 1.807) is 0 Å². The van der Waals surface area contributed by atoms with Crippen molar-refractivity contribution >= 4 is 5.91 Å². The van der Waals surface area contributed by atoms with E-state index < -0.39 is 0 Å². The number of likely N-dealkylation sites (tertiary alicyclic amines) is 1. The first-order chi connectivity index (χ1) is 8.63. The van der Waals surface area contributed by atoms with Gasteiger partial charge in [0.1, 0.15) is 0 Å². The first-order valence-electron chi connectivity index (χ1n) is 6.73. The highest BCUT2D eigenvalue weighted by molar-refractivity contribution is 5.76. The number of aryl methyl sites for hydroxylation is 1. The highest BCUT2D eigenvalue weighted by Gasteiger charge is 2.29. The van der Waals surface area contributed by atoms with Crippen LogP contribution in [0.3, 0.4) is 0 Å². The van der Waals surface area contributed by atoms with Crippen LogP contribution in [-0.2, 0) is 11.2 Å². The predicted molar refractivity (Wildman–Crippen MR) is 73.2 cm³/mol. The summed E-state index contributed by atoms with van der Waals surface area (Å²) in [6.45, 7) is 2.14. The molecule has 1 aliphatic heterocycles. The molecule has 2 N–H and O–H groups in total. The Kier molecular flexibility index (Phi) is 4.02. The van der Waals surface area contributed by atoms with E-state index in [0.29, 0.717) is 6.42 Å². The van der Waals surface area contributed by atoms with Crippen molar-refractivity contribution in [3.63, 3.8) is 0 Å². The molecule has 1 aromatic carbocycles. The van der Waals surface area contributed by atoms with Crippen molar-refractivity contribution in [1.29, 1.82) is 0 Å². The Morgan fingerprint density at radius 3 is 2.61 bits per heavy atom. The van der Waals surface area contributed by atoms with Gasteiger partial charge in [-0.2, -0.15) is 0 Å². The molecule has 0 aliphatic carbocycles. The van der Waals surface area contributed by atoms with Crippen LogP contribution in [0.2, 0.25) is 0 Å². The van der Waals surface area contributed by atoms with E-state index in [4.69, 9.17) is 5.73 Å². The van der Waals surface area contributed by atoms with Gasteiger partial charge in [-0.3, -0.25) is 4.79 Å². The van der Waals surface area contributed by atoms with Crippen molar-refractivity contribution in [2.24, 2.45) is 5.73 Å². The number of nitrogens with zero attached hydrogens (tertiary/aromatic N) is 1. The second-order valence-electron chi connectivity index (χ2n) is 5.10. The molecule has 2 rings (SSSR count). The van der Waals surface area contributed by atoms with Crippen LogP contribution < -0.4 is 5.73 Å². The standard InChI is InChI=1S/C15H22N2O/c1-3-11-7-9-12(10-8-11)15-13(16)5-4-6-14(18)17(15)2/h7-10,13,15H,3-6,16H2,1-2H3. The maximum absolute atomic E-state index is 11.9. The van der Waals surface area contributed by atoms with Gasteiger partial charge in [0.2, 0.25) is 5.91 Å². The molecule has 3 nitrogen and oxygen atoms in total. The zero-order chi connectivity index (χ0) is 13.1. The van der Waals surface area contributed by atoms with Gasteiger partial charge in [0, 0.05) is 19.5 Å². The van der Waals surface area contributed by atoms with Gasteiger partial charge in [-0.25, -0.2) is 0 Å². The summed E-state index contributed by atoms with van der Waals surface area (Å²) in [5.74, 6) is 0.201. The molecule has 0 radical (unpaired) electrons. The summed E-state index contributed by atoms with van der Waals surface area (Å²) in [5.41, 5.74) is 8.71. The third-order valence-electron chi connectivity index (χ3n) is 3.87. The van der Waals surface area contributed by atoms with Crippen molar-refractivity contribution < 1.29 is 4.79 Å². The number of carbonyl (C=O) groups is 1. The highest BCUT2D eigenvalue weighted by atomic mass is 16.2. The molecule has 1 amide bonds. The zero-order valence-electron chi connectivity index (χ0n) is 11.2. The van der Waals surface area contributed by atoms with E-state index in [9.17, 15) is 4.79 Å². The minimum atomic E-state index is 0.0194. The maximum Gasteiger partial charge on any atom is 0.222 e. The Balaban J connectivity index is 2.29. The fraction of sp³-hybridized carbons (Fsp3) is 0.533. The molecular formula is C15H22N2O. The van der Waals surface area contributed by atoms with Crippen LogP contribution >= 0.6 is 0 Å². The van der Waals surface area contributed by atoms with E-state index >= 15 is 0 Å². The molecule has 98 valence electrons. The molecule has 2 atom stereocenters. The SMILES string of the molecule is CCc1ccc(C2C(N)CCCC(=O)N2C)cc1. The Morgan fingerprint density at radius 1 is 1.33 bits per heavy atom. The molecule has 1 aliphatic rings. The molecule has 0 bridgehead atoms. The molecule has 1 aromatic rings. The molecule has 3 heteroatoms. The Hall–Kier alpha value is -1.35. The van der Waals surface area contributed by atoms with E-state index in [0.717, 1.165) is 24.8 Å². The maximum atomic E-state index is 11.9. The van der Waals surface area contributed by atoms with Gasteiger partial charge in [-0.05, 0) is 30.4 Å². The number of carbonyl (C=O) groups excluding carboxylic acids is 1. The van der Waals surface area contributed by atoms with Crippen LogP contribution in [0.25, 0.3) is 0 Å². The van der Waals surface area contributed by atoms with Crippen LogP contribution in [0.1, 0.15) is 43.4 Å². The quantitative estimate of drug-likeness (QED) is 0.870. The number of hydrogen-bond acceptors (Lipinski definition) is 2. The van der Waals surface area contributed by atoms with E-state index in [1.807, 2.05) is 11.9 Å². The average molecular weight is 246 g/mol. The average Bonchev–Trinajstić information content (AvgIpc) is 2.50. The molecular weight excluding hydrogens is 224 g/mol. The van der Waals surface area contributed by atoms with Crippen molar-refractivity contribution in [2.45, 2.75) is 44.7 Å². The fourth-order valence-electron chi connectivity index (χ4n) is 2.69. The smallest absolute Gasteiger partial charge is 0.222 e. The van der Waals surface area contributed by atoms with E-state index in [-0.39, 0.29) is 18.0 Å². The number of benzene rings is 1. The summed E-state index contributed by atoms with van der Waals surface area (Å²) in [6.07, 6.45) is 3.46.